The van der Waals surface area contributed by atoms with Crippen molar-refractivity contribution in [2.24, 2.45) is 5.73 Å². The summed E-state index contributed by atoms with van der Waals surface area (Å²) >= 11 is 0. The number of carbonyl (C=O) groups is 1. The third-order valence-electron chi connectivity index (χ3n) is 6.95. The molecule has 0 aliphatic carbocycles. The molecule has 1 aromatic heterocycles. The molecule has 2 unspecified atom stereocenters. The van der Waals surface area contributed by atoms with Gasteiger partial charge in [-0.05, 0) is 62.1 Å². The summed E-state index contributed by atoms with van der Waals surface area (Å²) in [6.45, 7) is 8.55. The van der Waals surface area contributed by atoms with Crippen molar-refractivity contribution in [3.05, 3.63) is 58.4 Å². The molecule has 0 saturated carbocycles. The van der Waals surface area contributed by atoms with E-state index in [1.54, 1.807) is 4.90 Å². The van der Waals surface area contributed by atoms with Gasteiger partial charge in [0.15, 0.2) is 0 Å². The molecule has 3 heterocycles. The number of halogens is 3. The van der Waals surface area contributed by atoms with Crippen LogP contribution in [0.25, 0.3) is 0 Å². The SMILES string of the molecule is Cc1c(OCCN)ccc([C@H](C)N2CC3CC2CN3C(=O)c2ccc(C(F)(F)F)nc2)c1C. The number of likely N-dealkylation sites (tertiary alicyclic amines) is 2. The average Bonchev–Trinajstić information content (AvgIpc) is 3.40. The minimum Gasteiger partial charge on any atom is -0.492 e. The van der Waals surface area contributed by atoms with Crippen LogP contribution >= 0.6 is 0 Å². The normalized spacial score (nSPS) is 21.5. The van der Waals surface area contributed by atoms with Crippen LogP contribution in [0.1, 0.15) is 52.1 Å². The van der Waals surface area contributed by atoms with Gasteiger partial charge in [0.05, 0.1) is 5.56 Å². The maximum atomic E-state index is 12.9. The highest BCUT2D eigenvalue weighted by atomic mass is 19.4. The Morgan fingerprint density at radius 3 is 2.52 bits per heavy atom. The summed E-state index contributed by atoms with van der Waals surface area (Å²) in [5.74, 6) is 0.586. The lowest BCUT2D eigenvalue weighted by atomic mass is 9.96. The maximum absolute atomic E-state index is 12.9. The van der Waals surface area contributed by atoms with Crippen LogP contribution in [0, 0.1) is 13.8 Å². The zero-order valence-electron chi connectivity index (χ0n) is 19.0. The van der Waals surface area contributed by atoms with E-state index in [2.05, 4.69) is 29.8 Å². The summed E-state index contributed by atoms with van der Waals surface area (Å²) in [5, 5.41) is 0. The van der Waals surface area contributed by atoms with Crippen molar-refractivity contribution in [2.75, 3.05) is 26.2 Å². The number of nitrogens with two attached hydrogens (primary N) is 1. The van der Waals surface area contributed by atoms with E-state index >= 15 is 0 Å². The number of amides is 1. The monoisotopic (exact) mass is 462 g/mol. The lowest BCUT2D eigenvalue weighted by Gasteiger charge is -2.38. The molecular weight excluding hydrogens is 433 g/mol. The van der Waals surface area contributed by atoms with Gasteiger partial charge in [0.25, 0.3) is 5.91 Å². The third kappa shape index (κ3) is 4.44. The Morgan fingerprint density at radius 1 is 1.18 bits per heavy atom. The van der Waals surface area contributed by atoms with Crippen molar-refractivity contribution >= 4 is 5.91 Å². The van der Waals surface area contributed by atoms with Crippen molar-refractivity contribution in [3.8, 4) is 5.75 Å². The molecule has 33 heavy (non-hydrogen) atoms. The fourth-order valence-corrected chi connectivity index (χ4v) is 5.05. The molecular formula is C24H29F3N4O2. The molecule has 178 valence electrons. The molecule has 2 N–H and O–H groups in total. The minimum atomic E-state index is -4.52. The molecule has 2 aliphatic rings. The van der Waals surface area contributed by atoms with E-state index in [0.717, 1.165) is 36.5 Å². The van der Waals surface area contributed by atoms with E-state index in [1.807, 2.05) is 13.0 Å². The zero-order valence-corrected chi connectivity index (χ0v) is 19.0. The number of fused-ring (bicyclic) bond motifs is 2. The molecule has 1 aromatic carbocycles. The van der Waals surface area contributed by atoms with E-state index in [9.17, 15) is 18.0 Å². The van der Waals surface area contributed by atoms with Gasteiger partial charge in [0.2, 0.25) is 0 Å². The van der Waals surface area contributed by atoms with Crippen LogP contribution in [-0.2, 0) is 6.18 Å². The number of hydrogen-bond donors (Lipinski definition) is 1. The van der Waals surface area contributed by atoms with Gasteiger partial charge in [0, 0.05) is 44.0 Å². The predicted octanol–water partition coefficient (Wildman–Crippen LogP) is 3.71. The highest BCUT2D eigenvalue weighted by molar-refractivity contribution is 5.94. The first kappa shape index (κ1) is 23.5. The molecule has 2 aromatic rings. The zero-order chi connectivity index (χ0) is 23.9. The molecule has 6 nitrogen and oxygen atoms in total. The molecule has 2 bridgehead atoms. The maximum Gasteiger partial charge on any atom is 0.433 e. The number of alkyl halides is 3. The van der Waals surface area contributed by atoms with Gasteiger partial charge >= 0.3 is 6.18 Å². The number of carbonyl (C=O) groups excluding carboxylic acids is 1. The second-order valence-electron chi connectivity index (χ2n) is 8.84. The number of pyridine rings is 1. The topological polar surface area (TPSA) is 71.7 Å². The minimum absolute atomic E-state index is 0.0424. The Kier molecular flexibility index (Phi) is 6.37. The summed E-state index contributed by atoms with van der Waals surface area (Å²) in [6, 6.07) is 6.59. The number of nitrogens with zero attached hydrogens (tertiary/aromatic N) is 3. The Hall–Kier alpha value is -2.65. The molecule has 2 saturated heterocycles. The van der Waals surface area contributed by atoms with Crippen molar-refractivity contribution in [1.82, 2.24) is 14.8 Å². The Labute approximate surface area is 191 Å². The lowest BCUT2D eigenvalue weighted by Crippen LogP contribution is -2.49. The van der Waals surface area contributed by atoms with Crippen molar-refractivity contribution in [3.63, 3.8) is 0 Å². The largest absolute Gasteiger partial charge is 0.492 e. The summed E-state index contributed by atoms with van der Waals surface area (Å²) in [5.41, 5.74) is 8.25. The third-order valence-corrected chi connectivity index (χ3v) is 6.95. The van der Waals surface area contributed by atoms with E-state index in [4.69, 9.17) is 10.5 Å². The standard InChI is InChI=1S/C24H29F3N4O2/c1-14-15(2)21(33-9-8-28)6-5-20(14)16(3)30-12-19-10-18(30)13-31(19)23(32)17-4-7-22(29-11-17)24(25,26)27/h4-7,11,16,18-19H,8-10,12-13,28H2,1-3H3/t16-,18?,19?/m0/s1. The van der Waals surface area contributed by atoms with Gasteiger partial charge in [-0.3, -0.25) is 14.7 Å². The lowest BCUT2D eigenvalue weighted by molar-refractivity contribution is -0.141. The molecule has 3 atom stereocenters. The fraction of sp³-hybridized carbons (Fsp3) is 0.500. The van der Waals surface area contributed by atoms with Gasteiger partial charge in [-0.15, -0.1) is 0 Å². The van der Waals surface area contributed by atoms with Crippen molar-refractivity contribution in [2.45, 2.75) is 51.5 Å². The van der Waals surface area contributed by atoms with Crippen LogP contribution in [0.5, 0.6) is 5.75 Å². The Balaban J connectivity index is 1.44. The molecule has 2 fully saturated rings. The molecule has 4 rings (SSSR count). The van der Waals surface area contributed by atoms with Gasteiger partial charge in [-0.25, -0.2) is 0 Å². The van der Waals surface area contributed by atoms with Crippen LogP contribution in [0.15, 0.2) is 30.5 Å². The number of benzene rings is 1. The second kappa shape index (κ2) is 8.95. The highest BCUT2D eigenvalue weighted by Gasteiger charge is 2.47. The van der Waals surface area contributed by atoms with Crippen LogP contribution in [0.3, 0.4) is 0 Å². The van der Waals surface area contributed by atoms with E-state index in [-0.39, 0.29) is 29.6 Å². The quantitative estimate of drug-likeness (QED) is 0.709. The molecule has 2 aliphatic heterocycles. The summed E-state index contributed by atoms with van der Waals surface area (Å²) in [4.78, 5) is 20.6. The van der Waals surface area contributed by atoms with E-state index in [1.165, 1.54) is 17.2 Å². The molecule has 1 amide bonds. The average molecular weight is 463 g/mol. The van der Waals surface area contributed by atoms with E-state index < -0.39 is 11.9 Å². The molecule has 0 radical (unpaired) electrons. The van der Waals surface area contributed by atoms with Crippen molar-refractivity contribution in [1.29, 1.82) is 0 Å². The van der Waals surface area contributed by atoms with Crippen LogP contribution in [-0.4, -0.2) is 59.0 Å². The summed E-state index contributed by atoms with van der Waals surface area (Å²) < 4.78 is 44.0. The van der Waals surface area contributed by atoms with Crippen molar-refractivity contribution < 1.29 is 22.7 Å². The Morgan fingerprint density at radius 2 is 1.94 bits per heavy atom. The van der Waals surface area contributed by atoms with Gasteiger partial charge < -0.3 is 15.4 Å². The second-order valence-corrected chi connectivity index (χ2v) is 8.84. The summed E-state index contributed by atoms with van der Waals surface area (Å²) in [7, 11) is 0. The molecule has 9 heteroatoms. The van der Waals surface area contributed by atoms with Gasteiger partial charge in [-0.1, -0.05) is 6.07 Å². The fourth-order valence-electron chi connectivity index (χ4n) is 5.05. The highest BCUT2D eigenvalue weighted by Crippen LogP contribution is 2.39. The van der Waals surface area contributed by atoms with Gasteiger partial charge in [-0.2, -0.15) is 13.2 Å². The van der Waals surface area contributed by atoms with Gasteiger partial charge in [0.1, 0.15) is 18.1 Å². The summed E-state index contributed by atoms with van der Waals surface area (Å²) in [6.07, 6.45) is -2.63. The first-order valence-electron chi connectivity index (χ1n) is 11.1. The number of ether oxygens (including phenoxy) is 1. The smallest absolute Gasteiger partial charge is 0.433 e. The first-order valence-corrected chi connectivity index (χ1v) is 11.1. The van der Waals surface area contributed by atoms with Crippen LogP contribution in [0.2, 0.25) is 0 Å². The van der Waals surface area contributed by atoms with E-state index in [0.29, 0.717) is 19.7 Å². The Bertz CT molecular complexity index is 1030. The first-order chi connectivity index (χ1) is 15.6. The predicted molar refractivity (Wildman–Crippen MR) is 118 cm³/mol. The number of rotatable bonds is 6. The number of hydrogen-bond acceptors (Lipinski definition) is 5. The molecule has 0 spiro atoms. The van der Waals surface area contributed by atoms with Crippen LogP contribution in [0.4, 0.5) is 13.2 Å². The number of piperazine rings is 1. The van der Waals surface area contributed by atoms with Crippen LogP contribution < -0.4 is 10.5 Å². The number of aromatic nitrogens is 1.